The van der Waals surface area contributed by atoms with E-state index in [1.54, 1.807) is 36.4 Å². The molecule has 0 saturated heterocycles. The summed E-state index contributed by atoms with van der Waals surface area (Å²) in [4.78, 5) is 23.4. The van der Waals surface area contributed by atoms with Gasteiger partial charge in [0, 0.05) is 10.6 Å². The molecule has 2 aromatic carbocycles. The quantitative estimate of drug-likeness (QED) is 0.647. The van der Waals surface area contributed by atoms with Gasteiger partial charge in [-0.2, -0.15) is 0 Å². The zero-order valence-corrected chi connectivity index (χ0v) is 13.6. The molecule has 1 amide bonds. The molecule has 0 aromatic heterocycles. The first-order chi connectivity index (χ1) is 10.5. The molecule has 1 unspecified atom stereocenters. The minimum atomic E-state index is -0.510. The van der Waals surface area contributed by atoms with Crippen LogP contribution in [0.25, 0.3) is 0 Å². The predicted molar refractivity (Wildman–Crippen MR) is 88.0 cm³/mol. The van der Waals surface area contributed by atoms with Crippen LogP contribution in [0, 0.1) is 0 Å². The highest BCUT2D eigenvalue weighted by Crippen LogP contribution is 2.33. The van der Waals surface area contributed by atoms with E-state index < -0.39 is 4.83 Å². The molecule has 1 atom stereocenters. The number of hydrogen-bond acceptors (Lipinski definition) is 3. The average molecular weight is 381 g/mol. The first-order valence-electron chi connectivity index (χ1n) is 6.55. The number of benzene rings is 2. The molecule has 3 rings (SSSR count). The van der Waals surface area contributed by atoms with E-state index in [0.29, 0.717) is 22.0 Å². The average Bonchev–Trinajstić information content (AvgIpc) is 2.52. The van der Waals surface area contributed by atoms with Gasteiger partial charge in [0.05, 0.1) is 5.69 Å². The van der Waals surface area contributed by atoms with Crippen LogP contribution >= 0.6 is 27.5 Å². The van der Waals surface area contributed by atoms with E-state index in [4.69, 9.17) is 16.3 Å². The third kappa shape index (κ3) is 3.00. The third-order valence-corrected chi connectivity index (χ3v) is 4.45. The van der Waals surface area contributed by atoms with Gasteiger partial charge in [-0.15, -0.1) is 0 Å². The second-order valence-corrected chi connectivity index (χ2v) is 6.18. The maximum Gasteiger partial charge on any atom is 0.262 e. The molecule has 0 fully saturated rings. The number of ketones is 1. The van der Waals surface area contributed by atoms with Gasteiger partial charge in [-0.05, 0) is 35.9 Å². The SMILES string of the molecule is O=C1COc2ccc(C(=O)C(Br)c3cccc(Cl)c3)cc2N1. The van der Waals surface area contributed by atoms with Crippen molar-refractivity contribution < 1.29 is 14.3 Å². The van der Waals surface area contributed by atoms with E-state index in [0.717, 1.165) is 5.56 Å². The molecule has 2 aromatic rings. The summed E-state index contributed by atoms with van der Waals surface area (Å²) in [6.45, 7) is -0.0100. The van der Waals surface area contributed by atoms with Gasteiger partial charge in [0.2, 0.25) is 0 Å². The van der Waals surface area contributed by atoms with Crippen molar-refractivity contribution in [2.75, 3.05) is 11.9 Å². The van der Waals surface area contributed by atoms with Gasteiger partial charge in [-0.1, -0.05) is 39.7 Å². The molecular formula is C16H11BrClNO3. The fraction of sp³-hybridized carbons (Fsp3) is 0.125. The summed E-state index contributed by atoms with van der Waals surface area (Å²) >= 11 is 9.36. The van der Waals surface area contributed by atoms with E-state index in [-0.39, 0.29) is 18.3 Å². The molecule has 22 heavy (non-hydrogen) atoms. The second-order valence-electron chi connectivity index (χ2n) is 4.83. The summed E-state index contributed by atoms with van der Waals surface area (Å²) < 4.78 is 5.28. The topological polar surface area (TPSA) is 55.4 Å². The zero-order chi connectivity index (χ0) is 15.7. The van der Waals surface area contributed by atoms with Gasteiger partial charge in [0.15, 0.2) is 12.4 Å². The highest BCUT2D eigenvalue weighted by Gasteiger charge is 2.22. The monoisotopic (exact) mass is 379 g/mol. The van der Waals surface area contributed by atoms with Crippen LogP contribution in [0.2, 0.25) is 5.02 Å². The number of anilines is 1. The second kappa shape index (κ2) is 6.10. The number of amides is 1. The minimum absolute atomic E-state index is 0.0100. The number of alkyl halides is 1. The maximum atomic E-state index is 12.6. The molecule has 0 bridgehead atoms. The minimum Gasteiger partial charge on any atom is -0.482 e. The third-order valence-electron chi connectivity index (χ3n) is 3.27. The van der Waals surface area contributed by atoms with Crippen molar-refractivity contribution in [2.45, 2.75) is 4.83 Å². The van der Waals surface area contributed by atoms with Crippen molar-refractivity contribution in [2.24, 2.45) is 0 Å². The Morgan fingerprint density at radius 2 is 2.09 bits per heavy atom. The summed E-state index contributed by atoms with van der Waals surface area (Å²) in [5, 5.41) is 3.26. The Morgan fingerprint density at radius 3 is 2.86 bits per heavy atom. The molecule has 1 N–H and O–H groups in total. The van der Waals surface area contributed by atoms with Crippen LogP contribution < -0.4 is 10.1 Å². The molecule has 0 aliphatic carbocycles. The number of fused-ring (bicyclic) bond motifs is 1. The lowest BCUT2D eigenvalue weighted by atomic mass is 10.0. The van der Waals surface area contributed by atoms with Gasteiger partial charge in [0.1, 0.15) is 10.6 Å². The van der Waals surface area contributed by atoms with E-state index >= 15 is 0 Å². The van der Waals surface area contributed by atoms with E-state index in [1.165, 1.54) is 0 Å². The van der Waals surface area contributed by atoms with E-state index in [9.17, 15) is 9.59 Å². The van der Waals surface area contributed by atoms with Crippen molar-refractivity contribution in [3.8, 4) is 5.75 Å². The van der Waals surface area contributed by atoms with Gasteiger partial charge >= 0.3 is 0 Å². The highest BCUT2D eigenvalue weighted by molar-refractivity contribution is 9.09. The molecule has 1 heterocycles. The van der Waals surface area contributed by atoms with Crippen molar-refractivity contribution in [3.05, 3.63) is 58.6 Å². The largest absolute Gasteiger partial charge is 0.482 e. The first-order valence-corrected chi connectivity index (χ1v) is 7.84. The summed E-state index contributed by atoms with van der Waals surface area (Å²) in [7, 11) is 0. The molecule has 0 radical (unpaired) electrons. The Kier molecular flexibility index (Phi) is 4.18. The van der Waals surface area contributed by atoms with Crippen LogP contribution in [0.1, 0.15) is 20.7 Å². The van der Waals surface area contributed by atoms with Crippen molar-refractivity contribution in [1.29, 1.82) is 0 Å². The summed E-state index contributed by atoms with van der Waals surface area (Å²) in [5.74, 6) is 0.206. The van der Waals surface area contributed by atoms with Crippen LogP contribution in [-0.4, -0.2) is 18.3 Å². The number of carbonyl (C=O) groups excluding carboxylic acids is 2. The van der Waals surface area contributed by atoms with Crippen LogP contribution in [0.4, 0.5) is 5.69 Å². The van der Waals surface area contributed by atoms with Crippen LogP contribution in [0.3, 0.4) is 0 Å². The van der Waals surface area contributed by atoms with Crippen LogP contribution in [0.15, 0.2) is 42.5 Å². The molecule has 1 aliphatic heterocycles. The van der Waals surface area contributed by atoms with Gasteiger partial charge in [0.25, 0.3) is 5.91 Å². The van der Waals surface area contributed by atoms with Gasteiger partial charge < -0.3 is 10.1 Å². The Balaban J connectivity index is 1.89. The van der Waals surface area contributed by atoms with Gasteiger partial charge in [-0.25, -0.2) is 0 Å². The fourth-order valence-corrected chi connectivity index (χ4v) is 2.95. The standard InChI is InChI=1S/C16H11BrClNO3/c17-15(9-2-1-3-11(18)6-9)16(21)10-4-5-13-12(7-10)19-14(20)8-22-13/h1-7,15H,8H2,(H,19,20). The van der Waals surface area contributed by atoms with Crippen LogP contribution in [0.5, 0.6) is 5.75 Å². The Hall–Kier alpha value is -1.85. The highest BCUT2D eigenvalue weighted by atomic mass is 79.9. The Labute approximate surface area is 140 Å². The number of nitrogens with one attached hydrogen (secondary N) is 1. The van der Waals surface area contributed by atoms with E-state index in [1.807, 2.05) is 6.07 Å². The molecule has 0 spiro atoms. The smallest absolute Gasteiger partial charge is 0.262 e. The zero-order valence-electron chi connectivity index (χ0n) is 11.3. The molecular weight excluding hydrogens is 370 g/mol. The fourth-order valence-electron chi connectivity index (χ4n) is 2.20. The van der Waals surface area contributed by atoms with Gasteiger partial charge in [-0.3, -0.25) is 9.59 Å². The number of carbonyl (C=O) groups is 2. The molecule has 1 aliphatic rings. The predicted octanol–water partition coefficient (Wildman–Crippen LogP) is 3.99. The lowest BCUT2D eigenvalue weighted by Gasteiger charge is -2.19. The summed E-state index contributed by atoms with van der Waals surface area (Å²) in [6, 6.07) is 12.1. The molecule has 4 nitrogen and oxygen atoms in total. The summed E-state index contributed by atoms with van der Waals surface area (Å²) in [5.41, 5.74) is 1.76. The number of rotatable bonds is 3. The van der Waals surface area contributed by atoms with Crippen LogP contribution in [-0.2, 0) is 4.79 Å². The Bertz CT molecular complexity index is 763. The van der Waals surface area contributed by atoms with E-state index in [2.05, 4.69) is 21.2 Å². The normalized spacial score (nSPS) is 14.5. The van der Waals surface area contributed by atoms with Crippen molar-refractivity contribution in [1.82, 2.24) is 0 Å². The molecule has 6 heteroatoms. The first kappa shape index (κ1) is 15.1. The number of ether oxygens (including phenoxy) is 1. The van der Waals surface area contributed by atoms with Crippen molar-refractivity contribution in [3.63, 3.8) is 0 Å². The lowest BCUT2D eigenvalue weighted by Crippen LogP contribution is -2.25. The maximum absolute atomic E-state index is 12.6. The van der Waals surface area contributed by atoms with Crippen molar-refractivity contribution >= 4 is 44.9 Å². The number of Topliss-reactive ketones (excluding diaryl/α,β-unsaturated/α-hetero) is 1. The lowest BCUT2D eigenvalue weighted by molar-refractivity contribution is -0.118. The number of hydrogen-bond donors (Lipinski definition) is 1. The molecule has 0 saturated carbocycles. The Morgan fingerprint density at radius 1 is 1.27 bits per heavy atom. The number of halogens is 2. The summed E-state index contributed by atoms with van der Waals surface area (Å²) in [6.07, 6.45) is 0. The molecule has 112 valence electrons.